The quantitative estimate of drug-likeness (QED) is 0.618. The first kappa shape index (κ1) is 16.3. The Balaban J connectivity index is 1.93. The van der Waals surface area contributed by atoms with Crippen molar-refractivity contribution in [2.24, 2.45) is 5.73 Å². The smallest absolute Gasteiger partial charge is 0.261 e. The van der Waals surface area contributed by atoms with E-state index in [9.17, 15) is 8.78 Å². The molecule has 0 unspecified atom stereocenters. The van der Waals surface area contributed by atoms with Gasteiger partial charge in [-0.2, -0.15) is 4.98 Å². The zero-order valence-electron chi connectivity index (χ0n) is 12.2. The summed E-state index contributed by atoms with van der Waals surface area (Å²) in [6.07, 6.45) is 4.52. The number of rotatable bonds is 7. The largest absolute Gasteiger partial charge is 0.375 e. The fraction of sp³-hybridized carbons (Fsp3) is 0.857. The van der Waals surface area contributed by atoms with E-state index in [-0.39, 0.29) is 12.0 Å². The van der Waals surface area contributed by atoms with Crippen LogP contribution in [0.5, 0.6) is 0 Å². The molecule has 0 aliphatic heterocycles. The second-order valence-electron chi connectivity index (χ2n) is 5.63. The molecule has 0 radical (unpaired) electrons. The van der Waals surface area contributed by atoms with Gasteiger partial charge in [-0.15, -0.1) is 0 Å². The number of alkyl halides is 2. The third-order valence-corrected chi connectivity index (χ3v) is 4.09. The summed E-state index contributed by atoms with van der Waals surface area (Å²) in [5.74, 6) is 1.09. The molecule has 0 saturated heterocycles. The second-order valence-corrected chi connectivity index (χ2v) is 5.63. The number of nitrogens with zero attached hydrogens (tertiary/aromatic N) is 2. The number of ether oxygens (including phenoxy) is 1. The summed E-state index contributed by atoms with van der Waals surface area (Å²) < 4.78 is 34.1. The molecule has 2 rings (SSSR count). The van der Waals surface area contributed by atoms with Gasteiger partial charge in [0.15, 0.2) is 5.82 Å². The predicted molar refractivity (Wildman–Crippen MR) is 73.3 cm³/mol. The van der Waals surface area contributed by atoms with Gasteiger partial charge in [0.2, 0.25) is 5.89 Å². The van der Waals surface area contributed by atoms with Crippen LogP contribution in [0.1, 0.15) is 50.2 Å². The summed E-state index contributed by atoms with van der Waals surface area (Å²) in [7, 11) is 0. The van der Waals surface area contributed by atoms with Crippen LogP contribution in [0.2, 0.25) is 0 Å². The Hall–Kier alpha value is -1.08. The highest BCUT2D eigenvalue weighted by Crippen LogP contribution is 2.36. The lowest BCUT2D eigenvalue weighted by atomic mass is 9.80. The monoisotopic (exact) mass is 303 g/mol. The molecule has 1 aliphatic rings. The molecule has 5 nitrogen and oxygen atoms in total. The number of hydrogen-bond donors (Lipinski definition) is 1. The van der Waals surface area contributed by atoms with E-state index >= 15 is 0 Å². The zero-order valence-corrected chi connectivity index (χ0v) is 12.2. The van der Waals surface area contributed by atoms with Gasteiger partial charge in [0.1, 0.15) is 6.61 Å². The van der Waals surface area contributed by atoms with Crippen LogP contribution in [-0.4, -0.2) is 36.3 Å². The van der Waals surface area contributed by atoms with Gasteiger partial charge in [-0.3, -0.25) is 0 Å². The van der Waals surface area contributed by atoms with Crippen LogP contribution in [0.3, 0.4) is 0 Å². The molecule has 120 valence electrons. The third-order valence-electron chi connectivity index (χ3n) is 4.09. The summed E-state index contributed by atoms with van der Waals surface area (Å²) in [6.45, 7) is 0.104. The van der Waals surface area contributed by atoms with Gasteiger partial charge in [-0.1, -0.05) is 30.8 Å². The lowest BCUT2D eigenvalue weighted by Gasteiger charge is -2.26. The lowest BCUT2D eigenvalue weighted by Crippen LogP contribution is -2.35. The van der Waals surface area contributed by atoms with Crippen molar-refractivity contribution in [2.45, 2.75) is 56.8 Å². The maximum Gasteiger partial charge on any atom is 0.261 e. The van der Waals surface area contributed by atoms with E-state index < -0.39 is 13.0 Å². The van der Waals surface area contributed by atoms with Crippen LogP contribution >= 0.6 is 0 Å². The minimum Gasteiger partial charge on any atom is -0.375 e. The molecule has 1 aliphatic carbocycles. The van der Waals surface area contributed by atoms with E-state index in [1.165, 1.54) is 12.8 Å². The number of aromatic nitrogens is 2. The molecule has 0 atom stereocenters. The Labute approximate surface area is 123 Å². The van der Waals surface area contributed by atoms with Crippen molar-refractivity contribution in [1.29, 1.82) is 0 Å². The molecule has 1 saturated carbocycles. The Bertz CT molecular complexity index is 418. The van der Waals surface area contributed by atoms with E-state index in [4.69, 9.17) is 15.0 Å². The van der Waals surface area contributed by atoms with Crippen molar-refractivity contribution in [3.63, 3.8) is 0 Å². The van der Waals surface area contributed by atoms with E-state index in [0.29, 0.717) is 24.7 Å². The predicted octanol–water partition coefficient (Wildman–Crippen LogP) is 2.44. The Kier molecular flexibility index (Phi) is 6.05. The van der Waals surface area contributed by atoms with Gasteiger partial charge in [0.25, 0.3) is 6.43 Å². The van der Waals surface area contributed by atoms with Crippen LogP contribution in [0, 0.1) is 0 Å². The van der Waals surface area contributed by atoms with Gasteiger partial charge < -0.3 is 15.0 Å². The van der Waals surface area contributed by atoms with Crippen molar-refractivity contribution in [3.05, 3.63) is 11.7 Å². The molecular weight excluding hydrogens is 280 g/mol. The molecule has 1 aromatic heterocycles. The molecule has 0 bridgehead atoms. The molecular formula is C14H23F2N3O2. The normalized spacial score (nSPS) is 18.9. The highest BCUT2D eigenvalue weighted by atomic mass is 19.3. The summed E-state index contributed by atoms with van der Waals surface area (Å²) in [6, 6.07) is 0. The highest BCUT2D eigenvalue weighted by molar-refractivity contribution is 5.07. The second kappa shape index (κ2) is 7.79. The van der Waals surface area contributed by atoms with Gasteiger partial charge in [0.05, 0.1) is 12.0 Å². The first-order valence-electron chi connectivity index (χ1n) is 7.55. The maximum atomic E-state index is 12.0. The third kappa shape index (κ3) is 4.44. The number of nitrogens with two attached hydrogens (primary N) is 1. The minimum atomic E-state index is -2.45. The summed E-state index contributed by atoms with van der Waals surface area (Å²) in [5, 5.41) is 3.92. The van der Waals surface area contributed by atoms with Crippen LogP contribution in [-0.2, 0) is 16.6 Å². The fourth-order valence-electron chi connectivity index (χ4n) is 2.82. The van der Waals surface area contributed by atoms with Crippen molar-refractivity contribution in [2.75, 3.05) is 19.8 Å². The average Bonchev–Trinajstić information content (AvgIpc) is 2.81. The van der Waals surface area contributed by atoms with Crippen molar-refractivity contribution >= 4 is 0 Å². The fourth-order valence-corrected chi connectivity index (χ4v) is 2.82. The van der Waals surface area contributed by atoms with E-state index in [1.807, 2.05) is 0 Å². The van der Waals surface area contributed by atoms with Crippen molar-refractivity contribution < 1.29 is 18.0 Å². The van der Waals surface area contributed by atoms with Crippen molar-refractivity contribution in [3.8, 4) is 0 Å². The molecule has 1 aromatic rings. The zero-order chi connectivity index (χ0) is 15.1. The number of halogens is 2. The van der Waals surface area contributed by atoms with E-state index in [0.717, 1.165) is 25.7 Å². The first-order chi connectivity index (χ1) is 10.2. The molecule has 2 N–H and O–H groups in total. The first-order valence-corrected chi connectivity index (χ1v) is 7.55. The Morgan fingerprint density at radius 3 is 2.57 bits per heavy atom. The summed E-state index contributed by atoms with van der Waals surface area (Å²) >= 11 is 0. The molecule has 0 amide bonds. The topological polar surface area (TPSA) is 74.2 Å². The SMILES string of the molecule is NCC1(c2nc(CCOCC(F)F)no2)CCCCCC1. The molecule has 1 heterocycles. The van der Waals surface area contributed by atoms with Crippen LogP contribution in [0.4, 0.5) is 8.78 Å². The summed E-state index contributed by atoms with van der Waals surface area (Å²) in [5.41, 5.74) is 5.75. The lowest BCUT2D eigenvalue weighted by molar-refractivity contribution is 0.0182. The van der Waals surface area contributed by atoms with Gasteiger partial charge >= 0.3 is 0 Å². The molecule has 7 heteroatoms. The minimum absolute atomic E-state index is 0.166. The highest BCUT2D eigenvalue weighted by Gasteiger charge is 2.37. The van der Waals surface area contributed by atoms with Crippen LogP contribution < -0.4 is 5.73 Å². The van der Waals surface area contributed by atoms with Gasteiger partial charge in [0, 0.05) is 13.0 Å². The molecule has 0 spiro atoms. The number of hydrogen-bond acceptors (Lipinski definition) is 5. The average molecular weight is 303 g/mol. The Morgan fingerprint density at radius 1 is 1.24 bits per heavy atom. The molecule has 1 fully saturated rings. The summed E-state index contributed by atoms with van der Waals surface area (Å²) in [4.78, 5) is 4.41. The standard InChI is InChI=1S/C14H23F2N3O2/c15-11(16)9-20-8-5-12-18-13(21-19-12)14(10-17)6-3-1-2-4-7-14/h11H,1-10,17H2. The molecule has 21 heavy (non-hydrogen) atoms. The van der Waals surface area contributed by atoms with E-state index in [1.54, 1.807) is 0 Å². The molecule has 0 aromatic carbocycles. The van der Waals surface area contributed by atoms with Gasteiger partial charge in [-0.25, -0.2) is 8.78 Å². The van der Waals surface area contributed by atoms with Crippen molar-refractivity contribution in [1.82, 2.24) is 10.1 Å². The Morgan fingerprint density at radius 2 is 1.95 bits per heavy atom. The van der Waals surface area contributed by atoms with E-state index in [2.05, 4.69) is 10.1 Å². The van der Waals surface area contributed by atoms with Gasteiger partial charge in [-0.05, 0) is 12.8 Å². The van der Waals surface area contributed by atoms with Crippen LogP contribution in [0.15, 0.2) is 4.52 Å². The maximum absolute atomic E-state index is 12.0. The van der Waals surface area contributed by atoms with Crippen LogP contribution in [0.25, 0.3) is 0 Å².